The SMILES string of the molecule is COCc1ccc(CNC(=O)C(=O)Nc2ccccc2C)cc1. The Kier molecular flexibility index (Phi) is 5.88. The molecule has 0 unspecified atom stereocenters. The third-order valence-electron chi connectivity index (χ3n) is 3.39. The molecule has 0 saturated carbocycles. The molecular weight excluding hydrogens is 292 g/mol. The first-order chi connectivity index (χ1) is 11.1. The summed E-state index contributed by atoms with van der Waals surface area (Å²) in [5, 5.41) is 5.21. The number of para-hydroxylation sites is 1. The van der Waals surface area contributed by atoms with Crippen LogP contribution in [0.5, 0.6) is 0 Å². The van der Waals surface area contributed by atoms with E-state index in [1.807, 2.05) is 49.4 Å². The van der Waals surface area contributed by atoms with Gasteiger partial charge in [-0.3, -0.25) is 9.59 Å². The Morgan fingerprint density at radius 2 is 1.61 bits per heavy atom. The van der Waals surface area contributed by atoms with Gasteiger partial charge in [0.05, 0.1) is 6.61 Å². The van der Waals surface area contributed by atoms with Crippen LogP contribution in [0.2, 0.25) is 0 Å². The smallest absolute Gasteiger partial charge is 0.313 e. The summed E-state index contributed by atoms with van der Waals surface area (Å²) >= 11 is 0. The molecule has 0 bridgehead atoms. The normalized spacial score (nSPS) is 10.2. The topological polar surface area (TPSA) is 67.4 Å². The molecule has 2 rings (SSSR count). The Hall–Kier alpha value is -2.66. The van der Waals surface area contributed by atoms with Gasteiger partial charge in [0.25, 0.3) is 0 Å². The van der Waals surface area contributed by atoms with E-state index in [-0.39, 0.29) is 0 Å². The number of amides is 2. The van der Waals surface area contributed by atoms with Crippen LogP contribution in [0.4, 0.5) is 5.69 Å². The standard InChI is InChI=1S/C18H20N2O3/c1-13-5-3-4-6-16(13)20-18(22)17(21)19-11-14-7-9-15(10-8-14)12-23-2/h3-10H,11-12H2,1-2H3,(H,19,21)(H,20,22). The predicted octanol–water partition coefficient (Wildman–Crippen LogP) is 2.40. The zero-order valence-electron chi connectivity index (χ0n) is 13.3. The first kappa shape index (κ1) is 16.7. The number of anilines is 1. The van der Waals surface area contributed by atoms with Crippen molar-refractivity contribution in [3.05, 3.63) is 65.2 Å². The van der Waals surface area contributed by atoms with Crippen LogP contribution in [0, 0.1) is 6.92 Å². The molecule has 0 atom stereocenters. The summed E-state index contributed by atoms with van der Waals surface area (Å²) in [6, 6.07) is 15.0. The third-order valence-corrected chi connectivity index (χ3v) is 3.39. The first-order valence-corrected chi connectivity index (χ1v) is 7.31. The second-order valence-corrected chi connectivity index (χ2v) is 5.20. The molecule has 0 spiro atoms. The van der Waals surface area contributed by atoms with Crippen LogP contribution < -0.4 is 10.6 Å². The lowest BCUT2D eigenvalue weighted by atomic mass is 10.1. The van der Waals surface area contributed by atoms with Crippen molar-refractivity contribution in [2.24, 2.45) is 0 Å². The lowest BCUT2D eigenvalue weighted by Gasteiger charge is -2.09. The van der Waals surface area contributed by atoms with Crippen molar-refractivity contribution in [1.82, 2.24) is 5.32 Å². The van der Waals surface area contributed by atoms with Gasteiger partial charge in [0, 0.05) is 19.3 Å². The summed E-state index contributed by atoms with van der Waals surface area (Å²) < 4.78 is 5.04. The minimum Gasteiger partial charge on any atom is -0.380 e. The average molecular weight is 312 g/mol. The van der Waals surface area contributed by atoms with E-state index in [1.165, 1.54) is 0 Å². The summed E-state index contributed by atoms with van der Waals surface area (Å²) in [5.41, 5.74) is 3.51. The molecule has 5 nitrogen and oxygen atoms in total. The fourth-order valence-electron chi connectivity index (χ4n) is 2.07. The number of methoxy groups -OCH3 is 1. The highest BCUT2D eigenvalue weighted by molar-refractivity contribution is 6.39. The molecule has 0 heterocycles. The van der Waals surface area contributed by atoms with Gasteiger partial charge in [0.2, 0.25) is 0 Å². The molecule has 2 amide bonds. The largest absolute Gasteiger partial charge is 0.380 e. The van der Waals surface area contributed by atoms with Crippen molar-refractivity contribution >= 4 is 17.5 Å². The Morgan fingerprint density at radius 1 is 0.957 bits per heavy atom. The predicted molar refractivity (Wildman–Crippen MR) is 88.8 cm³/mol. The van der Waals surface area contributed by atoms with Crippen LogP contribution >= 0.6 is 0 Å². The molecule has 2 aromatic carbocycles. The van der Waals surface area contributed by atoms with E-state index in [0.29, 0.717) is 18.8 Å². The number of rotatable bonds is 5. The summed E-state index contributed by atoms with van der Waals surface area (Å²) in [7, 11) is 1.64. The van der Waals surface area contributed by atoms with Crippen molar-refractivity contribution in [1.29, 1.82) is 0 Å². The van der Waals surface area contributed by atoms with Crippen molar-refractivity contribution in [2.45, 2.75) is 20.1 Å². The Bertz CT molecular complexity index is 681. The van der Waals surface area contributed by atoms with E-state index in [1.54, 1.807) is 13.2 Å². The van der Waals surface area contributed by atoms with Crippen LogP contribution in [0.1, 0.15) is 16.7 Å². The summed E-state index contributed by atoms with van der Waals surface area (Å²) in [6.07, 6.45) is 0. The maximum absolute atomic E-state index is 11.9. The van der Waals surface area contributed by atoms with E-state index < -0.39 is 11.8 Å². The molecule has 23 heavy (non-hydrogen) atoms. The lowest BCUT2D eigenvalue weighted by Crippen LogP contribution is -2.35. The number of nitrogens with one attached hydrogen (secondary N) is 2. The summed E-state index contributed by atoms with van der Waals surface area (Å²) in [4.78, 5) is 23.7. The molecule has 0 aliphatic carbocycles. The zero-order chi connectivity index (χ0) is 16.7. The molecule has 0 aromatic heterocycles. The monoisotopic (exact) mass is 312 g/mol. The van der Waals surface area contributed by atoms with E-state index >= 15 is 0 Å². The third kappa shape index (κ3) is 4.93. The first-order valence-electron chi connectivity index (χ1n) is 7.31. The highest BCUT2D eigenvalue weighted by Crippen LogP contribution is 2.12. The van der Waals surface area contributed by atoms with Gasteiger partial charge in [-0.25, -0.2) is 0 Å². The number of hydrogen-bond acceptors (Lipinski definition) is 3. The van der Waals surface area contributed by atoms with E-state index in [2.05, 4.69) is 10.6 Å². The van der Waals surface area contributed by atoms with E-state index in [9.17, 15) is 9.59 Å². The molecule has 2 N–H and O–H groups in total. The van der Waals surface area contributed by atoms with Crippen molar-refractivity contribution in [2.75, 3.05) is 12.4 Å². The van der Waals surface area contributed by atoms with E-state index in [4.69, 9.17) is 4.74 Å². The van der Waals surface area contributed by atoms with E-state index in [0.717, 1.165) is 16.7 Å². The molecule has 2 aromatic rings. The van der Waals surface area contributed by atoms with Gasteiger partial charge in [0.15, 0.2) is 0 Å². The molecule has 0 fully saturated rings. The number of aryl methyl sites for hydroxylation is 1. The number of carbonyl (C=O) groups excluding carboxylic acids is 2. The van der Waals surface area contributed by atoms with Crippen LogP contribution in [-0.4, -0.2) is 18.9 Å². The highest BCUT2D eigenvalue weighted by Gasteiger charge is 2.14. The molecule has 5 heteroatoms. The minimum atomic E-state index is -0.671. The fraction of sp³-hybridized carbons (Fsp3) is 0.222. The number of ether oxygens (including phenoxy) is 1. The van der Waals surface area contributed by atoms with Crippen LogP contribution in [0.3, 0.4) is 0 Å². The second-order valence-electron chi connectivity index (χ2n) is 5.20. The number of carbonyl (C=O) groups is 2. The van der Waals surface area contributed by atoms with Gasteiger partial charge in [-0.05, 0) is 29.7 Å². The van der Waals surface area contributed by atoms with Crippen LogP contribution in [0.25, 0.3) is 0 Å². The summed E-state index contributed by atoms with van der Waals surface area (Å²) in [5.74, 6) is -1.33. The van der Waals surface area contributed by atoms with Gasteiger partial charge < -0.3 is 15.4 Å². The maximum atomic E-state index is 11.9. The highest BCUT2D eigenvalue weighted by atomic mass is 16.5. The Labute approximate surface area is 135 Å². The van der Waals surface area contributed by atoms with Crippen LogP contribution in [0.15, 0.2) is 48.5 Å². The fourth-order valence-corrected chi connectivity index (χ4v) is 2.07. The van der Waals surface area contributed by atoms with Gasteiger partial charge in [0.1, 0.15) is 0 Å². The Balaban J connectivity index is 1.86. The number of hydrogen-bond donors (Lipinski definition) is 2. The van der Waals surface area contributed by atoms with Gasteiger partial charge in [-0.15, -0.1) is 0 Å². The van der Waals surface area contributed by atoms with Crippen molar-refractivity contribution in [3.8, 4) is 0 Å². The molecule has 0 aliphatic rings. The maximum Gasteiger partial charge on any atom is 0.313 e. The zero-order valence-corrected chi connectivity index (χ0v) is 13.3. The molecule has 120 valence electrons. The molecular formula is C18H20N2O3. The molecule has 0 radical (unpaired) electrons. The Morgan fingerprint density at radius 3 is 2.26 bits per heavy atom. The quantitative estimate of drug-likeness (QED) is 0.833. The number of benzene rings is 2. The second kappa shape index (κ2) is 8.10. The van der Waals surface area contributed by atoms with Crippen molar-refractivity contribution < 1.29 is 14.3 Å². The molecule has 0 aliphatic heterocycles. The minimum absolute atomic E-state index is 0.299. The lowest BCUT2D eigenvalue weighted by molar-refractivity contribution is -0.136. The van der Waals surface area contributed by atoms with Gasteiger partial charge >= 0.3 is 11.8 Å². The average Bonchev–Trinajstić information content (AvgIpc) is 2.56. The molecule has 0 saturated heterocycles. The summed E-state index contributed by atoms with van der Waals surface area (Å²) in [6.45, 7) is 2.72. The van der Waals surface area contributed by atoms with Crippen molar-refractivity contribution in [3.63, 3.8) is 0 Å². The van der Waals surface area contributed by atoms with Gasteiger partial charge in [-0.1, -0.05) is 42.5 Å². The van der Waals surface area contributed by atoms with Crippen LogP contribution in [-0.2, 0) is 27.5 Å². The van der Waals surface area contributed by atoms with Gasteiger partial charge in [-0.2, -0.15) is 0 Å².